The maximum absolute atomic E-state index is 12.1. The van der Waals surface area contributed by atoms with Crippen LogP contribution in [0.15, 0.2) is 12.3 Å². The third kappa shape index (κ3) is 2.45. The Kier molecular flexibility index (Phi) is 3.44. The number of rotatable bonds is 3. The quantitative estimate of drug-likeness (QED) is 0.698. The van der Waals surface area contributed by atoms with E-state index in [-0.39, 0.29) is 12.2 Å². The highest BCUT2D eigenvalue weighted by molar-refractivity contribution is 5.89. The zero-order valence-electron chi connectivity index (χ0n) is 7.41. The Morgan fingerprint density at radius 3 is 2.93 bits per heavy atom. The monoisotopic (exact) mass is 202 g/mol. The topological polar surface area (TPSA) is 52.1 Å². The van der Waals surface area contributed by atoms with Gasteiger partial charge in [0.05, 0.1) is 18.4 Å². The number of aromatic nitrogens is 2. The average molecular weight is 202 g/mol. The van der Waals surface area contributed by atoms with Gasteiger partial charge < -0.3 is 4.74 Å². The molecule has 6 heteroatoms. The Labute approximate surface area is 78.9 Å². The molecule has 1 aromatic heterocycles. The van der Waals surface area contributed by atoms with Crippen molar-refractivity contribution >= 4 is 5.97 Å². The van der Waals surface area contributed by atoms with Gasteiger partial charge in [0.25, 0.3) is 6.43 Å². The van der Waals surface area contributed by atoms with Crippen LogP contribution in [0.3, 0.4) is 0 Å². The van der Waals surface area contributed by atoms with Gasteiger partial charge in [0.1, 0.15) is 5.69 Å². The summed E-state index contributed by atoms with van der Waals surface area (Å²) >= 11 is 0. The number of alkyl halides is 2. The van der Waals surface area contributed by atoms with Crippen LogP contribution in [0.2, 0.25) is 0 Å². The van der Waals surface area contributed by atoms with Crippen molar-refractivity contribution in [3.05, 3.63) is 23.5 Å². The van der Waals surface area contributed by atoms with Gasteiger partial charge in [-0.2, -0.15) is 5.10 Å². The van der Waals surface area contributed by atoms with Crippen molar-refractivity contribution in [2.24, 2.45) is 0 Å². The fourth-order valence-corrected chi connectivity index (χ4v) is 0.816. The maximum atomic E-state index is 12.1. The van der Waals surface area contributed by atoms with Crippen LogP contribution in [0.25, 0.3) is 0 Å². The molecule has 0 aromatic carbocycles. The Morgan fingerprint density at radius 2 is 2.36 bits per heavy atom. The highest BCUT2D eigenvalue weighted by atomic mass is 19.3. The first-order valence-electron chi connectivity index (χ1n) is 3.93. The Hall–Kier alpha value is -1.59. The van der Waals surface area contributed by atoms with Gasteiger partial charge in [-0.3, -0.25) is 0 Å². The van der Waals surface area contributed by atoms with Crippen LogP contribution >= 0.6 is 0 Å². The van der Waals surface area contributed by atoms with Gasteiger partial charge in [0, 0.05) is 0 Å². The summed E-state index contributed by atoms with van der Waals surface area (Å²) in [5, 5.41) is 6.45. The molecule has 1 heterocycles. The third-order valence-electron chi connectivity index (χ3n) is 1.41. The van der Waals surface area contributed by atoms with Crippen LogP contribution in [0.4, 0.5) is 8.78 Å². The molecule has 1 rings (SSSR count). The van der Waals surface area contributed by atoms with Gasteiger partial charge in [0.2, 0.25) is 0 Å². The van der Waals surface area contributed by atoms with Crippen molar-refractivity contribution in [1.29, 1.82) is 0 Å². The summed E-state index contributed by atoms with van der Waals surface area (Å²) in [7, 11) is 0. The number of carbonyl (C=O) groups is 1. The zero-order chi connectivity index (χ0) is 10.6. The fraction of sp³-hybridized carbons (Fsp3) is 0.375. The molecule has 0 amide bonds. The van der Waals surface area contributed by atoms with Crippen LogP contribution < -0.4 is 0 Å². The van der Waals surface area contributed by atoms with Gasteiger partial charge in [-0.15, -0.1) is 5.10 Å². The molecule has 4 nitrogen and oxygen atoms in total. The molecule has 14 heavy (non-hydrogen) atoms. The molecule has 0 saturated carbocycles. The molecule has 0 bridgehead atoms. The van der Waals surface area contributed by atoms with Gasteiger partial charge >= 0.3 is 5.97 Å². The van der Waals surface area contributed by atoms with E-state index < -0.39 is 18.1 Å². The number of hydrogen-bond acceptors (Lipinski definition) is 4. The first kappa shape index (κ1) is 10.5. The first-order chi connectivity index (χ1) is 6.65. The molecule has 0 unspecified atom stereocenters. The van der Waals surface area contributed by atoms with Crippen molar-refractivity contribution in [2.45, 2.75) is 13.3 Å². The molecule has 76 valence electrons. The minimum Gasteiger partial charge on any atom is -0.462 e. The van der Waals surface area contributed by atoms with Crippen LogP contribution in [-0.4, -0.2) is 22.8 Å². The summed E-state index contributed by atoms with van der Waals surface area (Å²) in [6.07, 6.45) is -1.65. The van der Waals surface area contributed by atoms with Crippen molar-refractivity contribution in [2.75, 3.05) is 6.61 Å². The minimum atomic E-state index is -2.74. The molecule has 0 radical (unpaired) electrons. The number of carbonyl (C=O) groups excluding carboxylic acids is 1. The smallest absolute Gasteiger partial charge is 0.339 e. The van der Waals surface area contributed by atoms with Crippen molar-refractivity contribution in [3.63, 3.8) is 0 Å². The Balaban J connectivity index is 2.88. The van der Waals surface area contributed by atoms with Crippen molar-refractivity contribution in [1.82, 2.24) is 10.2 Å². The highest BCUT2D eigenvalue weighted by Gasteiger charge is 2.14. The third-order valence-corrected chi connectivity index (χ3v) is 1.41. The lowest BCUT2D eigenvalue weighted by atomic mass is 10.2. The van der Waals surface area contributed by atoms with Crippen LogP contribution in [-0.2, 0) is 4.74 Å². The summed E-state index contributed by atoms with van der Waals surface area (Å²) in [5.41, 5.74) is -0.548. The van der Waals surface area contributed by atoms with E-state index in [1.54, 1.807) is 6.92 Å². The number of nitrogens with zero attached hydrogens (tertiary/aromatic N) is 2. The molecular formula is C8H8F2N2O2. The lowest BCUT2D eigenvalue weighted by Crippen LogP contribution is -2.07. The predicted octanol–water partition coefficient (Wildman–Crippen LogP) is 1.59. The second-order valence-electron chi connectivity index (χ2n) is 2.39. The van der Waals surface area contributed by atoms with E-state index >= 15 is 0 Å². The molecule has 0 spiro atoms. The number of hydrogen-bond donors (Lipinski definition) is 0. The number of ether oxygens (including phenoxy) is 1. The highest BCUT2D eigenvalue weighted by Crippen LogP contribution is 2.16. The van der Waals surface area contributed by atoms with Crippen LogP contribution in [0.1, 0.15) is 29.4 Å². The molecule has 0 aliphatic rings. The number of esters is 1. The molecule has 0 fully saturated rings. The van der Waals surface area contributed by atoms with E-state index in [0.717, 1.165) is 12.3 Å². The normalized spacial score (nSPS) is 10.3. The molecule has 1 aromatic rings. The first-order valence-corrected chi connectivity index (χ1v) is 3.93. The summed E-state index contributed by atoms with van der Waals surface area (Å²) < 4.78 is 28.9. The van der Waals surface area contributed by atoms with E-state index in [9.17, 15) is 13.6 Å². The lowest BCUT2D eigenvalue weighted by Gasteiger charge is -2.02. The Bertz CT molecular complexity index is 331. The van der Waals surface area contributed by atoms with Gasteiger partial charge in [-0.1, -0.05) is 0 Å². The Morgan fingerprint density at radius 1 is 1.64 bits per heavy atom. The standard InChI is InChI=1S/C8H8F2N2O2/c1-2-14-8(13)5-3-6(7(9)10)12-11-4-5/h3-4,7H,2H2,1H3. The summed E-state index contributed by atoms with van der Waals surface area (Å²) in [6, 6.07) is 0.968. The largest absolute Gasteiger partial charge is 0.462 e. The van der Waals surface area contributed by atoms with E-state index in [1.807, 2.05) is 0 Å². The molecular weight excluding hydrogens is 194 g/mol. The van der Waals surface area contributed by atoms with E-state index in [1.165, 1.54) is 0 Å². The molecule has 0 aliphatic carbocycles. The van der Waals surface area contributed by atoms with E-state index in [0.29, 0.717) is 0 Å². The van der Waals surface area contributed by atoms with Gasteiger partial charge in [-0.25, -0.2) is 13.6 Å². The maximum Gasteiger partial charge on any atom is 0.339 e. The van der Waals surface area contributed by atoms with Crippen molar-refractivity contribution < 1.29 is 18.3 Å². The minimum absolute atomic E-state index is 0.0165. The summed E-state index contributed by atoms with van der Waals surface area (Å²) in [5.74, 6) is -0.677. The fourth-order valence-electron chi connectivity index (χ4n) is 0.816. The molecule has 0 N–H and O–H groups in total. The predicted molar refractivity (Wildman–Crippen MR) is 42.9 cm³/mol. The van der Waals surface area contributed by atoms with Crippen LogP contribution in [0.5, 0.6) is 0 Å². The zero-order valence-corrected chi connectivity index (χ0v) is 7.41. The molecule has 0 saturated heterocycles. The average Bonchev–Trinajstić information content (AvgIpc) is 2.18. The van der Waals surface area contributed by atoms with Crippen LogP contribution in [0, 0.1) is 0 Å². The summed E-state index contributed by atoms with van der Waals surface area (Å²) in [4.78, 5) is 11.1. The second-order valence-corrected chi connectivity index (χ2v) is 2.39. The van der Waals surface area contributed by atoms with Gasteiger partial charge in [-0.05, 0) is 13.0 Å². The summed E-state index contributed by atoms with van der Waals surface area (Å²) in [6.45, 7) is 1.81. The van der Waals surface area contributed by atoms with Gasteiger partial charge in [0.15, 0.2) is 0 Å². The molecule has 0 atom stereocenters. The molecule has 0 aliphatic heterocycles. The SMILES string of the molecule is CCOC(=O)c1cnnc(C(F)F)c1. The lowest BCUT2D eigenvalue weighted by molar-refractivity contribution is 0.0525. The van der Waals surface area contributed by atoms with E-state index in [2.05, 4.69) is 14.9 Å². The van der Waals surface area contributed by atoms with Crippen molar-refractivity contribution in [3.8, 4) is 0 Å². The second kappa shape index (κ2) is 4.59. The number of halogens is 2. The van der Waals surface area contributed by atoms with E-state index in [4.69, 9.17) is 0 Å².